The summed E-state index contributed by atoms with van der Waals surface area (Å²) in [5, 5.41) is 8.90. The summed E-state index contributed by atoms with van der Waals surface area (Å²) in [7, 11) is 0. The third kappa shape index (κ3) is 3.51. The van der Waals surface area contributed by atoms with Crippen molar-refractivity contribution in [1.82, 2.24) is 19.5 Å². The minimum absolute atomic E-state index is 0.0721. The van der Waals surface area contributed by atoms with Gasteiger partial charge in [0, 0.05) is 24.3 Å². The molecule has 0 aliphatic heterocycles. The van der Waals surface area contributed by atoms with Gasteiger partial charge in [0.05, 0.1) is 17.9 Å². The van der Waals surface area contributed by atoms with Gasteiger partial charge in [-0.2, -0.15) is 5.10 Å². The number of anilines is 1. The molecule has 2 aromatic heterocycles. The van der Waals surface area contributed by atoms with Gasteiger partial charge in [-0.15, -0.1) is 0 Å². The van der Waals surface area contributed by atoms with Gasteiger partial charge < -0.3 is 10.2 Å². The predicted octanol–water partition coefficient (Wildman–Crippen LogP) is 3.50. The summed E-state index contributed by atoms with van der Waals surface area (Å²) >= 11 is 1.59. The van der Waals surface area contributed by atoms with E-state index >= 15 is 0 Å². The smallest absolute Gasteiger partial charge is 0.253 e. The number of aromatic nitrogens is 3. The highest BCUT2D eigenvalue weighted by atomic mass is 32.1. The monoisotopic (exact) mass is 357 g/mol. The fourth-order valence-corrected chi connectivity index (χ4v) is 3.61. The summed E-state index contributed by atoms with van der Waals surface area (Å²) in [6.07, 6.45) is 0. The van der Waals surface area contributed by atoms with Crippen molar-refractivity contribution in [3.63, 3.8) is 0 Å². The van der Waals surface area contributed by atoms with Crippen LogP contribution in [0.15, 0.2) is 24.3 Å². The third-order valence-corrected chi connectivity index (χ3v) is 5.06. The molecule has 0 unspecified atom stereocenters. The van der Waals surface area contributed by atoms with Crippen LogP contribution >= 0.6 is 11.3 Å². The Morgan fingerprint density at radius 3 is 2.52 bits per heavy atom. The molecule has 0 spiro atoms. The summed E-state index contributed by atoms with van der Waals surface area (Å²) in [6, 6.07) is 7.62. The molecule has 0 fully saturated rings. The fourth-order valence-electron chi connectivity index (χ4n) is 2.80. The molecule has 0 radical (unpaired) electrons. The summed E-state index contributed by atoms with van der Waals surface area (Å²) in [5.74, 6) is 0.0721. The number of hydrogen-bond acceptors (Lipinski definition) is 5. The van der Waals surface area contributed by atoms with Crippen molar-refractivity contribution in [2.45, 2.75) is 34.2 Å². The van der Waals surface area contributed by atoms with E-state index in [1.165, 1.54) is 0 Å². The standard InChI is InChI=1S/C18H23N5OS/c1-5-22(6-2)17(24)14-7-9-15(10-8-14)19-11-16-12(3)20-18-23(16)21-13(4)25-18/h7-10,19H,5-6,11H2,1-4H3. The van der Waals surface area contributed by atoms with Crippen LogP contribution in [0, 0.1) is 13.8 Å². The summed E-state index contributed by atoms with van der Waals surface area (Å²) in [6.45, 7) is 10.0. The van der Waals surface area contributed by atoms with E-state index in [9.17, 15) is 4.79 Å². The number of imidazole rings is 1. The minimum atomic E-state index is 0.0721. The lowest BCUT2D eigenvalue weighted by Crippen LogP contribution is -2.30. The molecule has 3 rings (SSSR count). The quantitative estimate of drug-likeness (QED) is 0.733. The van der Waals surface area contributed by atoms with E-state index < -0.39 is 0 Å². The van der Waals surface area contributed by atoms with Crippen molar-refractivity contribution >= 4 is 27.9 Å². The highest BCUT2D eigenvalue weighted by Gasteiger charge is 2.13. The number of carbonyl (C=O) groups is 1. The van der Waals surface area contributed by atoms with Crippen LogP contribution in [0.5, 0.6) is 0 Å². The first-order valence-electron chi connectivity index (χ1n) is 8.48. The minimum Gasteiger partial charge on any atom is -0.379 e. The molecule has 1 amide bonds. The van der Waals surface area contributed by atoms with Crippen molar-refractivity contribution in [3.8, 4) is 0 Å². The number of nitrogens with one attached hydrogen (secondary N) is 1. The lowest BCUT2D eigenvalue weighted by atomic mass is 10.1. The number of fused-ring (bicyclic) bond motifs is 1. The van der Waals surface area contributed by atoms with E-state index in [1.54, 1.807) is 11.3 Å². The van der Waals surface area contributed by atoms with Crippen molar-refractivity contribution in [3.05, 3.63) is 46.2 Å². The Hall–Kier alpha value is -2.41. The molecule has 6 nitrogen and oxygen atoms in total. The number of hydrogen-bond donors (Lipinski definition) is 1. The van der Waals surface area contributed by atoms with Gasteiger partial charge in [-0.05, 0) is 52.0 Å². The maximum atomic E-state index is 12.3. The van der Waals surface area contributed by atoms with Gasteiger partial charge in [-0.1, -0.05) is 11.3 Å². The second-order valence-electron chi connectivity index (χ2n) is 5.87. The second kappa shape index (κ2) is 7.23. The largest absolute Gasteiger partial charge is 0.379 e. The van der Waals surface area contributed by atoms with E-state index in [0.717, 1.165) is 40.1 Å². The fraction of sp³-hybridized carbons (Fsp3) is 0.389. The van der Waals surface area contributed by atoms with Crippen LogP contribution in [-0.4, -0.2) is 38.5 Å². The van der Waals surface area contributed by atoms with Gasteiger partial charge in [0.2, 0.25) is 4.96 Å². The molecule has 0 aliphatic rings. The summed E-state index contributed by atoms with van der Waals surface area (Å²) < 4.78 is 1.90. The van der Waals surface area contributed by atoms with E-state index in [4.69, 9.17) is 0 Å². The van der Waals surface area contributed by atoms with E-state index in [1.807, 2.05) is 61.4 Å². The van der Waals surface area contributed by atoms with Crippen LogP contribution in [0.1, 0.15) is 40.6 Å². The van der Waals surface area contributed by atoms with Crippen molar-refractivity contribution in [1.29, 1.82) is 0 Å². The average Bonchev–Trinajstić information content (AvgIpc) is 3.09. The van der Waals surface area contributed by atoms with Crippen molar-refractivity contribution in [2.75, 3.05) is 18.4 Å². The molecule has 0 bridgehead atoms. The SMILES string of the molecule is CCN(CC)C(=O)c1ccc(NCc2c(C)nc3sc(C)nn23)cc1. The number of carbonyl (C=O) groups excluding carboxylic acids is 1. The van der Waals surface area contributed by atoms with Gasteiger partial charge in [-0.25, -0.2) is 9.50 Å². The van der Waals surface area contributed by atoms with Crippen molar-refractivity contribution < 1.29 is 4.79 Å². The first-order chi connectivity index (χ1) is 12.0. The van der Waals surface area contributed by atoms with Crippen LogP contribution in [0.2, 0.25) is 0 Å². The number of nitrogens with zero attached hydrogens (tertiary/aromatic N) is 4. The Morgan fingerprint density at radius 2 is 1.88 bits per heavy atom. The van der Waals surface area contributed by atoms with Crippen LogP contribution < -0.4 is 5.32 Å². The van der Waals surface area contributed by atoms with Gasteiger partial charge in [0.25, 0.3) is 5.91 Å². The Kier molecular flexibility index (Phi) is 5.03. The van der Waals surface area contributed by atoms with Gasteiger partial charge in [0.15, 0.2) is 0 Å². The highest BCUT2D eigenvalue weighted by Crippen LogP contribution is 2.19. The maximum Gasteiger partial charge on any atom is 0.253 e. The van der Waals surface area contributed by atoms with Crippen LogP contribution in [0.3, 0.4) is 0 Å². The maximum absolute atomic E-state index is 12.3. The van der Waals surface area contributed by atoms with Crippen LogP contribution in [0.4, 0.5) is 5.69 Å². The molecule has 0 aliphatic carbocycles. The normalized spacial score (nSPS) is 11.0. The molecule has 132 valence electrons. The highest BCUT2D eigenvalue weighted by molar-refractivity contribution is 7.16. The predicted molar refractivity (Wildman–Crippen MR) is 101 cm³/mol. The topological polar surface area (TPSA) is 62.5 Å². The van der Waals surface area contributed by atoms with Gasteiger partial charge >= 0.3 is 0 Å². The number of rotatable bonds is 6. The molecule has 0 atom stereocenters. The average molecular weight is 357 g/mol. The Bertz CT molecular complexity index is 877. The molecular weight excluding hydrogens is 334 g/mol. The Labute approximate surface area is 151 Å². The zero-order valence-electron chi connectivity index (χ0n) is 15.0. The van der Waals surface area contributed by atoms with E-state index in [2.05, 4.69) is 15.4 Å². The molecular formula is C18H23N5OS. The lowest BCUT2D eigenvalue weighted by molar-refractivity contribution is 0.0773. The molecule has 2 heterocycles. The van der Waals surface area contributed by atoms with Gasteiger partial charge in [-0.3, -0.25) is 4.79 Å². The lowest BCUT2D eigenvalue weighted by Gasteiger charge is -2.18. The van der Waals surface area contributed by atoms with E-state index in [0.29, 0.717) is 12.1 Å². The first-order valence-corrected chi connectivity index (χ1v) is 9.30. The Morgan fingerprint density at radius 1 is 1.20 bits per heavy atom. The summed E-state index contributed by atoms with van der Waals surface area (Å²) in [4.78, 5) is 19.6. The second-order valence-corrected chi connectivity index (χ2v) is 7.03. The molecule has 1 N–H and O–H groups in total. The number of benzene rings is 1. The third-order valence-electron chi connectivity index (χ3n) is 4.24. The number of amides is 1. The molecule has 0 saturated carbocycles. The molecule has 25 heavy (non-hydrogen) atoms. The van der Waals surface area contributed by atoms with Crippen molar-refractivity contribution in [2.24, 2.45) is 0 Å². The van der Waals surface area contributed by atoms with Crippen LogP contribution in [-0.2, 0) is 6.54 Å². The Balaban J connectivity index is 1.71. The number of aryl methyl sites for hydroxylation is 2. The van der Waals surface area contributed by atoms with Gasteiger partial charge in [0.1, 0.15) is 5.01 Å². The zero-order chi connectivity index (χ0) is 18.0. The van der Waals surface area contributed by atoms with Crippen LogP contribution in [0.25, 0.3) is 4.96 Å². The van der Waals surface area contributed by atoms with E-state index in [-0.39, 0.29) is 5.91 Å². The molecule has 7 heteroatoms. The molecule has 0 saturated heterocycles. The molecule has 3 aromatic rings. The molecule has 1 aromatic carbocycles. The zero-order valence-corrected chi connectivity index (χ0v) is 15.9. The first kappa shape index (κ1) is 17.4. The summed E-state index contributed by atoms with van der Waals surface area (Å²) in [5.41, 5.74) is 3.73.